The summed E-state index contributed by atoms with van der Waals surface area (Å²) in [5, 5.41) is 2.28. The summed E-state index contributed by atoms with van der Waals surface area (Å²) >= 11 is 1.86. The van der Waals surface area contributed by atoms with Crippen molar-refractivity contribution in [2.45, 2.75) is 15.2 Å². The first-order chi connectivity index (χ1) is 26.8. The number of nitrogens with zero attached hydrogens (tertiary/aromatic N) is 2. The van der Waals surface area contributed by atoms with Crippen molar-refractivity contribution in [1.82, 2.24) is 9.55 Å². The first-order valence-corrected chi connectivity index (χ1v) is 19.2. The molecule has 1 atom stereocenters. The number of hydrogen-bond acceptors (Lipinski definition) is 3. The van der Waals surface area contributed by atoms with E-state index < -0.39 is 5.41 Å². The Labute approximate surface area is 316 Å². The Morgan fingerprint density at radius 2 is 1.15 bits per heavy atom. The summed E-state index contributed by atoms with van der Waals surface area (Å²) in [4.78, 5) is 7.84. The molecular formula is C50H30N2OS. The van der Waals surface area contributed by atoms with Gasteiger partial charge in [-0.1, -0.05) is 139 Å². The Bertz CT molecular complexity index is 3150. The molecule has 0 radical (unpaired) electrons. The lowest BCUT2D eigenvalue weighted by Crippen LogP contribution is -2.34. The highest BCUT2D eigenvalue weighted by Crippen LogP contribution is 2.62. The monoisotopic (exact) mass is 706 g/mol. The number of imidazole rings is 1. The van der Waals surface area contributed by atoms with Gasteiger partial charge in [0.15, 0.2) is 0 Å². The van der Waals surface area contributed by atoms with Crippen LogP contribution in [0, 0.1) is 0 Å². The van der Waals surface area contributed by atoms with Gasteiger partial charge in [-0.3, -0.25) is 4.57 Å². The predicted molar refractivity (Wildman–Crippen MR) is 221 cm³/mol. The molecule has 1 unspecified atom stereocenters. The van der Waals surface area contributed by atoms with E-state index in [4.69, 9.17) is 9.40 Å². The molecule has 1 aliphatic carbocycles. The maximum atomic E-state index is 6.68. The van der Waals surface area contributed by atoms with Crippen LogP contribution in [0.1, 0.15) is 22.3 Å². The minimum absolute atomic E-state index is 0.686. The molecule has 1 spiro atoms. The van der Waals surface area contributed by atoms with Crippen LogP contribution in [0.4, 0.5) is 0 Å². The first kappa shape index (κ1) is 29.9. The zero-order chi connectivity index (χ0) is 35.4. The molecule has 54 heavy (non-hydrogen) atoms. The van der Waals surface area contributed by atoms with Gasteiger partial charge < -0.3 is 4.42 Å². The summed E-state index contributed by atoms with van der Waals surface area (Å²) in [5.41, 5.74) is 15.2. The first-order valence-electron chi connectivity index (χ1n) is 18.4. The van der Waals surface area contributed by atoms with Crippen LogP contribution < -0.4 is 0 Å². The zero-order valence-electron chi connectivity index (χ0n) is 29.0. The van der Waals surface area contributed by atoms with E-state index in [1.54, 1.807) is 0 Å². The Morgan fingerprint density at radius 1 is 0.463 bits per heavy atom. The third-order valence-corrected chi connectivity index (χ3v) is 12.6. The van der Waals surface area contributed by atoms with Crippen molar-refractivity contribution in [2.75, 3.05) is 0 Å². The Hall–Kier alpha value is -6.62. The van der Waals surface area contributed by atoms with Crippen molar-refractivity contribution in [3.63, 3.8) is 0 Å². The Balaban J connectivity index is 1.26. The second kappa shape index (κ2) is 11.2. The maximum Gasteiger partial charge on any atom is 0.145 e. The lowest BCUT2D eigenvalue weighted by atomic mass is 9.63. The van der Waals surface area contributed by atoms with Crippen LogP contribution in [0.5, 0.6) is 0 Å². The molecule has 0 saturated heterocycles. The third-order valence-electron chi connectivity index (χ3n) is 11.5. The van der Waals surface area contributed by atoms with E-state index >= 15 is 0 Å². The van der Waals surface area contributed by atoms with Crippen molar-refractivity contribution in [3.8, 4) is 39.3 Å². The average Bonchev–Trinajstić information content (AvgIpc) is 3.78. The number of hydrogen-bond donors (Lipinski definition) is 0. The van der Waals surface area contributed by atoms with Gasteiger partial charge in [0.25, 0.3) is 0 Å². The van der Waals surface area contributed by atoms with E-state index in [-0.39, 0.29) is 0 Å². The van der Waals surface area contributed by atoms with E-state index in [1.165, 1.54) is 54.3 Å². The highest BCUT2D eigenvalue weighted by atomic mass is 32.2. The second-order valence-corrected chi connectivity index (χ2v) is 15.3. The molecule has 0 N–H and O–H groups in total. The topological polar surface area (TPSA) is 31.0 Å². The van der Waals surface area contributed by atoms with E-state index in [2.05, 4.69) is 187 Å². The van der Waals surface area contributed by atoms with Crippen LogP contribution in [0.25, 0.3) is 72.3 Å². The molecule has 0 fully saturated rings. The second-order valence-electron chi connectivity index (χ2n) is 14.2. The Morgan fingerprint density at radius 3 is 2.02 bits per heavy atom. The van der Waals surface area contributed by atoms with Crippen molar-refractivity contribution < 1.29 is 4.42 Å². The standard InChI is InChI=1S/C50H30N2OS/c1-2-14-32(15-3-1)52-44-23-11-10-22-43(44)51-49(52)31-26-27-36-34-17-5-4-16-33(34)35-18-6-8-20-39(35)50(41(36)28-31)40-21-9-13-25-47(40)54-48-29-38-37-19-7-12-24-45(37)53-46(38)30-42(48)50/h1-30H. The highest BCUT2D eigenvalue weighted by molar-refractivity contribution is 7.99. The molecule has 4 heteroatoms. The zero-order valence-corrected chi connectivity index (χ0v) is 29.8. The highest BCUT2D eigenvalue weighted by Gasteiger charge is 2.49. The molecule has 3 nitrogen and oxygen atoms in total. The fourth-order valence-electron chi connectivity index (χ4n) is 9.27. The molecule has 252 valence electrons. The number of rotatable bonds is 2. The summed E-state index contributed by atoms with van der Waals surface area (Å²) < 4.78 is 8.98. The van der Waals surface area contributed by atoms with Crippen LogP contribution in [0.15, 0.2) is 196 Å². The van der Waals surface area contributed by atoms with Crippen LogP contribution >= 0.6 is 11.8 Å². The normalized spacial score (nSPS) is 15.4. The van der Waals surface area contributed by atoms with Gasteiger partial charge in [-0.05, 0) is 99.1 Å². The number of benzene rings is 8. The molecule has 10 aromatic rings. The largest absolute Gasteiger partial charge is 0.456 e. The quantitative estimate of drug-likeness (QED) is 0.179. The SMILES string of the molecule is c1ccc(-n2c(-c3ccc4c(c3)C3(c5ccccc5Sc5cc6c(cc53)oc3ccccc36)c3ccccc3-c3ccccc3-4)nc3ccccc32)cc1. The smallest absolute Gasteiger partial charge is 0.145 e. The van der Waals surface area contributed by atoms with Crippen LogP contribution in [0.3, 0.4) is 0 Å². The fraction of sp³-hybridized carbons (Fsp3) is 0.0200. The minimum atomic E-state index is -0.686. The van der Waals surface area contributed by atoms with Gasteiger partial charge in [-0.2, -0.15) is 0 Å². The van der Waals surface area contributed by atoms with Crippen LogP contribution in [0.2, 0.25) is 0 Å². The molecule has 0 bridgehead atoms. The van der Waals surface area contributed by atoms with Gasteiger partial charge >= 0.3 is 0 Å². The summed E-state index contributed by atoms with van der Waals surface area (Å²) in [7, 11) is 0. The predicted octanol–water partition coefficient (Wildman–Crippen LogP) is 13.1. The summed E-state index contributed by atoms with van der Waals surface area (Å²) in [6.45, 7) is 0. The lowest BCUT2D eigenvalue weighted by molar-refractivity contribution is 0.660. The Kier molecular flexibility index (Phi) is 6.20. The summed E-state index contributed by atoms with van der Waals surface area (Å²) in [6, 6.07) is 66.2. The van der Waals surface area contributed by atoms with E-state index in [0.717, 1.165) is 50.0 Å². The van der Waals surface area contributed by atoms with Crippen LogP contribution in [-0.4, -0.2) is 9.55 Å². The lowest BCUT2D eigenvalue weighted by Gasteiger charge is -2.42. The van der Waals surface area contributed by atoms with Crippen molar-refractivity contribution in [3.05, 3.63) is 204 Å². The maximum absolute atomic E-state index is 6.68. The molecule has 3 heterocycles. The number of para-hydroxylation sites is 4. The molecule has 0 amide bonds. The molecule has 1 aliphatic heterocycles. The van der Waals surface area contributed by atoms with Crippen molar-refractivity contribution in [2.24, 2.45) is 0 Å². The molecule has 8 aromatic carbocycles. The van der Waals surface area contributed by atoms with Gasteiger partial charge in [0.2, 0.25) is 0 Å². The van der Waals surface area contributed by atoms with E-state index in [1.807, 2.05) is 11.8 Å². The van der Waals surface area contributed by atoms with Gasteiger partial charge in [-0.25, -0.2) is 4.98 Å². The molecule has 2 aromatic heterocycles. The number of furan rings is 1. The fourth-order valence-corrected chi connectivity index (χ4v) is 10.5. The molecular weight excluding hydrogens is 677 g/mol. The van der Waals surface area contributed by atoms with Crippen LogP contribution in [-0.2, 0) is 5.41 Å². The van der Waals surface area contributed by atoms with E-state index in [0.29, 0.717) is 0 Å². The van der Waals surface area contributed by atoms with Crippen molar-refractivity contribution >= 4 is 44.7 Å². The van der Waals surface area contributed by atoms with E-state index in [9.17, 15) is 0 Å². The number of aromatic nitrogens is 2. The van der Waals surface area contributed by atoms with Gasteiger partial charge in [-0.15, -0.1) is 0 Å². The number of fused-ring (bicyclic) bond motifs is 15. The summed E-state index contributed by atoms with van der Waals surface area (Å²) in [6.07, 6.45) is 0. The third kappa shape index (κ3) is 4.01. The molecule has 2 aliphatic rings. The van der Waals surface area contributed by atoms with Gasteiger partial charge in [0, 0.05) is 31.8 Å². The minimum Gasteiger partial charge on any atom is -0.456 e. The summed E-state index contributed by atoms with van der Waals surface area (Å²) in [5.74, 6) is 0.914. The molecule has 0 saturated carbocycles. The van der Waals surface area contributed by atoms with Gasteiger partial charge in [0.05, 0.1) is 16.4 Å². The average molecular weight is 707 g/mol. The van der Waals surface area contributed by atoms with Crippen molar-refractivity contribution in [1.29, 1.82) is 0 Å². The molecule has 12 rings (SSSR count). The van der Waals surface area contributed by atoms with Gasteiger partial charge in [0.1, 0.15) is 17.0 Å².